The number of anilines is 1. The van der Waals surface area contributed by atoms with Crippen molar-refractivity contribution >= 4 is 21.7 Å². The largest absolute Gasteiger partial charge is 0.352 e. The van der Waals surface area contributed by atoms with Crippen LogP contribution in [0.15, 0.2) is 35.1 Å². The molecule has 0 amide bonds. The third-order valence-corrected chi connectivity index (χ3v) is 4.07. The molecule has 1 aliphatic heterocycles. The first kappa shape index (κ1) is 11.7. The number of rotatable bonds is 1. The summed E-state index contributed by atoms with van der Waals surface area (Å²) in [5.41, 5.74) is 3.83. The zero-order valence-electron chi connectivity index (χ0n) is 10.2. The highest BCUT2D eigenvalue weighted by Gasteiger charge is 2.18. The lowest BCUT2D eigenvalue weighted by atomic mass is 10.00. The van der Waals surface area contributed by atoms with Gasteiger partial charge in [0.05, 0.1) is 0 Å². The fraction of sp³-hybridized carbons (Fsp3) is 0.286. The fourth-order valence-corrected chi connectivity index (χ4v) is 2.98. The number of aryl methyl sites for hydroxylation is 1. The number of nitrogens with zero attached hydrogens (tertiary/aromatic N) is 3. The van der Waals surface area contributed by atoms with Crippen molar-refractivity contribution in [3.05, 3.63) is 51.9 Å². The fourth-order valence-electron chi connectivity index (χ4n) is 2.37. The van der Waals surface area contributed by atoms with Crippen molar-refractivity contribution in [1.82, 2.24) is 9.97 Å². The summed E-state index contributed by atoms with van der Waals surface area (Å²) in [7, 11) is 0. The van der Waals surface area contributed by atoms with Gasteiger partial charge < -0.3 is 4.90 Å². The average molecular weight is 304 g/mol. The maximum Gasteiger partial charge on any atom is 0.132 e. The Morgan fingerprint density at radius 3 is 3.00 bits per heavy atom. The van der Waals surface area contributed by atoms with Crippen molar-refractivity contribution in [3.63, 3.8) is 0 Å². The highest BCUT2D eigenvalue weighted by molar-refractivity contribution is 9.10. The molecule has 0 radical (unpaired) electrons. The van der Waals surface area contributed by atoms with Crippen molar-refractivity contribution in [2.75, 3.05) is 11.4 Å². The quantitative estimate of drug-likeness (QED) is 0.810. The van der Waals surface area contributed by atoms with Crippen LogP contribution < -0.4 is 4.90 Å². The zero-order valence-corrected chi connectivity index (χ0v) is 11.8. The van der Waals surface area contributed by atoms with E-state index in [0.29, 0.717) is 0 Å². The van der Waals surface area contributed by atoms with Crippen LogP contribution in [0.4, 0.5) is 5.82 Å². The molecule has 0 saturated heterocycles. The summed E-state index contributed by atoms with van der Waals surface area (Å²) >= 11 is 3.63. The topological polar surface area (TPSA) is 29.0 Å². The van der Waals surface area contributed by atoms with Crippen molar-refractivity contribution in [2.45, 2.75) is 19.9 Å². The van der Waals surface area contributed by atoms with Crippen LogP contribution in [0.3, 0.4) is 0 Å². The van der Waals surface area contributed by atoms with E-state index in [2.05, 4.69) is 49.0 Å². The van der Waals surface area contributed by atoms with Gasteiger partial charge in [-0.25, -0.2) is 9.97 Å². The summed E-state index contributed by atoms with van der Waals surface area (Å²) < 4.78 is 1.22. The van der Waals surface area contributed by atoms with Crippen molar-refractivity contribution in [3.8, 4) is 0 Å². The summed E-state index contributed by atoms with van der Waals surface area (Å²) in [5.74, 6) is 1.02. The second kappa shape index (κ2) is 4.69. The van der Waals surface area contributed by atoms with Gasteiger partial charge in [-0.1, -0.05) is 28.1 Å². The maximum absolute atomic E-state index is 4.36. The SMILES string of the molecule is Cc1cc(N2CCc3c(Br)cccc3C2)ncn1. The molecule has 0 saturated carbocycles. The molecule has 4 heteroatoms. The van der Waals surface area contributed by atoms with Gasteiger partial charge >= 0.3 is 0 Å². The van der Waals surface area contributed by atoms with Gasteiger partial charge in [-0.3, -0.25) is 0 Å². The minimum Gasteiger partial charge on any atom is -0.352 e. The van der Waals surface area contributed by atoms with E-state index in [0.717, 1.165) is 31.0 Å². The first-order valence-electron chi connectivity index (χ1n) is 6.04. The number of fused-ring (bicyclic) bond motifs is 1. The van der Waals surface area contributed by atoms with Gasteiger partial charge in [0.1, 0.15) is 12.1 Å². The Kier molecular flexibility index (Phi) is 3.04. The molecule has 2 heterocycles. The third-order valence-electron chi connectivity index (χ3n) is 3.32. The first-order chi connectivity index (χ1) is 8.74. The van der Waals surface area contributed by atoms with Gasteiger partial charge in [-0.05, 0) is 30.5 Å². The molecule has 2 aromatic rings. The minimum atomic E-state index is 0.922. The minimum absolute atomic E-state index is 0.922. The Hall–Kier alpha value is -1.42. The molecule has 1 aromatic heterocycles. The summed E-state index contributed by atoms with van der Waals surface area (Å²) in [4.78, 5) is 10.8. The van der Waals surface area contributed by atoms with Crippen LogP contribution in [0.25, 0.3) is 0 Å². The molecule has 92 valence electrons. The molecule has 18 heavy (non-hydrogen) atoms. The summed E-state index contributed by atoms with van der Waals surface area (Å²) in [6.07, 6.45) is 2.70. The van der Waals surface area contributed by atoms with Crippen molar-refractivity contribution in [2.24, 2.45) is 0 Å². The molecule has 3 rings (SSSR count). The highest BCUT2D eigenvalue weighted by Crippen LogP contribution is 2.28. The van der Waals surface area contributed by atoms with E-state index in [-0.39, 0.29) is 0 Å². The monoisotopic (exact) mass is 303 g/mol. The molecule has 3 nitrogen and oxygen atoms in total. The molecule has 0 fully saturated rings. The van der Waals surface area contributed by atoms with Crippen LogP contribution in [0, 0.1) is 6.92 Å². The number of hydrogen-bond donors (Lipinski definition) is 0. The van der Waals surface area contributed by atoms with E-state index in [1.54, 1.807) is 6.33 Å². The standard InChI is InChI=1S/C14H14BrN3/c1-10-7-14(17-9-16-10)18-6-5-12-11(8-18)3-2-4-13(12)15/h2-4,7,9H,5-6,8H2,1H3. The van der Waals surface area contributed by atoms with E-state index in [9.17, 15) is 0 Å². The lowest BCUT2D eigenvalue weighted by Gasteiger charge is -2.30. The molecule has 0 unspecified atom stereocenters. The molecular weight excluding hydrogens is 290 g/mol. The molecule has 0 spiro atoms. The van der Waals surface area contributed by atoms with Crippen LogP contribution in [-0.2, 0) is 13.0 Å². The number of halogens is 1. The number of hydrogen-bond acceptors (Lipinski definition) is 3. The smallest absolute Gasteiger partial charge is 0.132 e. The summed E-state index contributed by atoms with van der Waals surface area (Å²) in [5, 5.41) is 0. The predicted molar refractivity (Wildman–Crippen MR) is 75.7 cm³/mol. The molecule has 1 aliphatic rings. The van der Waals surface area contributed by atoms with Crippen LogP contribution >= 0.6 is 15.9 Å². The lowest BCUT2D eigenvalue weighted by Crippen LogP contribution is -2.31. The van der Waals surface area contributed by atoms with Gasteiger partial charge in [0.15, 0.2) is 0 Å². The van der Waals surface area contributed by atoms with E-state index in [1.165, 1.54) is 15.6 Å². The van der Waals surface area contributed by atoms with Crippen molar-refractivity contribution in [1.29, 1.82) is 0 Å². The van der Waals surface area contributed by atoms with E-state index in [4.69, 9.17) is 0 Å². The van der Waals surface area contributed by atoms with E-state index in [1.807, 2.05) is 13.0 Å². The number of aromatic nitrogens is 2. The maximum atomic E-state index is 4.36. The van der Waals surface area contributed by atoms with Crippen LogP contribution in [0.1, 0.15) is 16.8 Å². The van der Waals surface area contributed by atoms with Crippen molar-refractivity contribution < 1.29 is 0 Å². The molecular formula is C14H14BrN3. The van der Waals surface area contributed by atoms with Crippen LogP contribution in [-0.4, -0.2) is 16.5 Å². The van der Waals surface area contributed by atoms with Gasteiger partial charge in [-0.15, -0.1) is 0 Å². The zero-order chi connectivity index (χ0) is 12.5. The molecule has 0 bridgehead atoms. The van der Waals surface area contributed by atoms with Gasteiger partial charge in [0, 0.05) is 29.3 Å². The number of benzene rings is 1. The Balaban J connectivity index is 1.91. The van der Waals surface area contributed by atoms with Gasteiger partial charge in [0.2, 0.25) is 0 Å². The van der Waals surface area contributed by atoms with Gasteiger partial charge in [-0.2, -0.15) is 0 Å². The second-order valence-electron chi connectivity index (χ2n) is 4.57. The summed E-state index contributed by atoms with van der Waals surface area (Å²) in [6, 6.07) is 8.45. The normalized spacial score (nSPS) is 14.4. The predicted octanol–water partition coefficient (Wildman–Crippen LogP) is 3.11. The average Bonchev–Trinajstić information content (AvgIpc) is 2.39. The third kappa shape index (κ3) is 2.12. The molecule has 0 atom stereocenters. The van der Waals surface area contributed by atoms with E-state index < -0.39 is 0 Å². The lowest BCUT2D eigenvalue weighted by molar-refractivity contribution is 0.716. The Morgan fingerprint density at radius 2 is 2.17 bits per heavy atom. The molecule has 0 N–H and O–H groups in total. The first-order valence-corrected chi connectivity index (χ1v) is 6.83. The second-order valence-corrected chi connectivity index (χ2v) is 5.42. The van der Waals surface area contributed by atoms with E-state index >= 15 is 0 Å². The Bertz CT molecular complexity index is 583. The Morgan fingerprint density at radius 1 is 1.28 bits per heavy atom. The molecule has 1 aromatic carbocycles. The summed E-state index contributed by atoms with van der Waals surface area (Å²) in [6.45, 7) is 3.93. The Labute approximate surface area is 115 Å². The molecule has 0 aliphatic carbocycles. The van der Waals surface area contributed by atoms with Crippen LogP contribution in [0.2, 0.25) is 0 Å². The highest BCUT2D eigenvalue weighted by atomic mass is 79.9. The van der Waals surface area contributed by atoms with Crippen LogP contribution in [0.5, 0.6) is 0 Å². The van der Waals surface area contributed by atoms with Gasteiger partial charge in [0.25, 0.3) is 0 Å².